The number of anilines is 1. The molecular weight excluding hydrogens is 174 g/mol. The zero-order chi connectivity index (χ0) is 10.4. The van der Waals surface area contributed by atoms with Gasteiger partial charge in [-0.05, 0) is 30.5 Å². The lowest BCUT2D eigenvalue weighted by Gasteiger charge is -2.22. The second-order valence-corrected chi connectivity index (χ2v) is 4.29. The van der Waals surface area contributed by atoms with Gasteiger partial charge in [0.25, 0.3) is 0 Å². The van der Waals surface area contributed by atoms with Gasteiger partial charge in [-0.2, -0.15) is 0 Å². The maximum absolute atomic E-state index is 5.65. The van der Waals surface area contributed by atoms with Crippen molar-refractivity contribution in [3.8, 4) is 0 Å². The Kier molecular flexibility index (Phi) is 3.89. The van der Waals surface area contributed by atoms with Gasteiger partial charge in [-0.1, -0.05) is 13.8 Å². The monoisotopic (exact) mass is 193 g/mol. The topological polar surface area (TPSA) is 50.9 Å². The fourth-order valence-electron chi connectivity index (χ4n) is 1.11. The molecule has 1 aromatic rings. The molecule has 0 saturated carbocycles. The minimum atomic E-state index is 0.217. The summed E-state index contributed by atoms with van der Waals surface area (Å²) in [6.07, 6.45) is 4.67. The highest BCUT2D eigenvalue weighted by Crippen LogP contribution is 2.17. The first-order chi connectivity index (χ1) is 6.64. The Labute approximate surface area is 85.7 Å². The molecule has 3 heteroatoms. The first kappa shape index (κ1) is 11.0. The van der Waals surface area contributed by atoms with E-state index in [1.807, 2.05) is 18.3 Å². The number of nitrogens with zero attached hydrogens (tertiary/aromatic N) is 1. The minimum Gasteiger partial charge on any atom is -0.384 e. The van der Waals surface area contributed by atoms with Crippen LogP contribution in [0.25, 0.3) is 0 Å². The molecule has 3 nitrogen and oxygen atoms in total. The quantitative estimate of drug-likeness (QED) is 0.750. The molecule has 0 aliphatic heterocycles. The largest absolute Gasteiger partial charge is 0.384 e. The van der Waals surface area contributed by atoms with Crippen molar-refractivity contribution in [2.24, 2.45) is 11.1 Å². The lowest BCUT2D eigenvalue weighted by atomic mass is 9.90. The molecule has 0 radical (unpaired) electrons. The molecule has 0 bridgehead atoms. The summed E-state index contributed by atoms with van der Waals surface area (Å²) >= 11 is 0. The summed E-state index contributed by atoms with van der Waals surface area (Å²) in [5.74, 6) is 0. The first-order valence-electron chi connectivity index (χ1n) is 4.98. The van der Waals surface area contributed by atoms with E-state index in [-0.39, 0.29) is 5.41 Å². The van der Waals surface area contributed by atoms with Gasteiger partial charge in [0, 0.05) is 18.9 Å². The molecule has 78 valence electrons. The molecule has 0 aromatic carbocycles. The van der Waals surface area contributed by atoms with Crippen LogP contribution in [0.15, 0.2) is 24.5 Å². The number of nitrogens with two attached hydrogens (primary N) is 1. The van der Waals surface area contributed by atoms with Gasteiger partial charge < -0.3 is 11.1 Å². The lowest BCUT2D eigenvalue weighted by Crippen LogP contribution is -2.26. The van der Waals surface area contributed by atoms with E-state index >= 15 is 0 Å². The van der Waals surface area contributed by atoms with Gasteiger partial charge in [-0.15, -0.1) is 0 Å². The van der Waals surface area contributed by atoms with Crippen LogP contribution in [0.5, 0.6) is 0 Å². The third-order valence-electron chi connectivity index (χ3n) is 2.35. The van der Waals surface area contributed by atoms with Crippen LogP contribution in [0, 0.1) is 5.41 Å². The molecule has 0 amide bonds. The number of rotatable bonds is 5. The van der Waals surface area contributed by atoms with Gasteiger partial charge in [0.2, 0.25) is 0 Å². The van der Waals surface area contributed by atoms with Gasteiger partial charge >= 0.3 is 0 Å². The summed E-state index contributed by atoms with van der Waals surface area (Å²) in [5, 5.41) is 3.32. The molecule has 14 heavy (non-hydrogen) atoms. The van der Waals surface area contributed by atoms with Crippen molar-refractivity contribution < 1.29 is 0 Å². The molecule has 0 aliphatic rings. The molecular formula is C11H19N3. The molecule has 1 rings (SSSR count). The van der Waals surface area contributed by atoms with E-state index in [1.54, 1.807) is 6.20 Å². The van der Waals surface area contributed by atoms with Crippen molar-refractivity contribution >= 4 is 5.69 Å². The van der Waals surface area contributed by atoms with Crippen LogP contribution in [-0.2, 0) is 0 Å². The van der Waals surface area contributed by atoms with Crippen molar-refractivity contribution in [3.05, 3.63) is 24.5 Å². The molecule has 3 N–H and O–H groups in total. The lowest BCUT2D eigenvalue weighted by molar-refractivity contribution is 0.358. The Morgan fingerprint density at radius 1 is 1.50 bits per heavy atom. The average Bonchev–Trinajstić information content (AvgIpc) is 2.19. The summed E-state index contributed by atoms with van der Waals surface area (Å²) in [6, 6.07) is 3.94. The van der Waals surface area contributed by atoms with Crippen molar-refractivity contribution in [1.82, 2.24) is 4.98 Å². The van der Waals surface area contributed by atoms with E-state index in [1.165, 1.54) is 0 Å². The number of nitrogens with one attached hydrogen (secondary N) is 1. The maximum atomic E-state index is 5.65. The third-order valence-corrected chi connectivity index (χ3v) is 2.35. The molecule has 0 atom stereocenters. The number of hydrogen-bond donors (Lipinski definition) is 2. The fraction of sp³-hybridized carbons (Fsp3) is 0.545. The molecule has 1 heterocycles. The zero-order valence-corrected chi connectivity index (χ0v) is 8.96. The first-order valence-corrected chi connectivity index (χ1v) is 4.98. The molecule has 0 aliphatic carbocycles. The summed E-state index contributed by atoms with van der Waals surface area (Å²) < 4.78 is 0. The SMILES string of the molecule is CC(C)(CN)CCNc1cccnc1. The Morgan fingerprint density at radius 3 is 2.86 bits per heavy atom. The molecule has 0 fully saturated rings. The van der Waals surface area contributed by atoms with Crippen LogP contribution >= 0.6 is 0 Å². The zero-order valence-electron chi connectivity index (χ0n) is 8.96. The number of aromatic nitrogens is 1. The molecule has 1 aromatic heterocycles. The van der Waals surface area contributed by atoms with E-state index < -0.39 is 0 Å². The maximum Gasteiger partial charge on any atom is 0.0526 e. The highest BCUT2D eigenvalue weighted by Gasteiger charge is 2.14. The van der Waals surface area contributed by atoms with Gasteiger partial charge in [0.05, 0.1) is 5.69 Å². The van der Waals surface area contributed by atoms with E-state index in [9.17, 15) is 0 Å². The van der Waals surface area contributed by atoms with Crippen LogP contribution < -0.4 is 11.1 Å². The van der Waals surface area contributed by atoms with Crippen molar-refractivity contribution in [2.75, 3.05) is 18.4 Å². The van der Waals surface area contributed by atoms with Gasteiger partial charge in [-0.25, -0.2) is 0 Å². The predicted octanol–water partition coefficient (Wildman–Crippen LogP) is 1.87. The summed E-state index contributed by atoms with van der Waals surface area (Å²) in [5.41, 5.74) is 6.93. The highest BCUT2D eigenvalue weighted by atomic mass is 14.9. The molecule has 0 saturated heterocycles. The van der Waals surface area contributed by atoms with Gasteiger partial charge in [0.1, 0.15) is 0 Å². The third kappa shape index (κ3) is 3.75. The summed E-state index contributed by atoms with van der Waals surface area (Å²) in [4.78, 5) is 4.03. The van der Waals surface area contributed by atoms with E-state index in [4.69, 9.17) is 5.73 Å². The standard InChI is InChI=1S/C11H19N3/c1-11(2,9-12)5-7-14-10-4-3-6-13-8-10/h3-4,6,8,14H,5,7,9,12H2,1-2H3. The van der Waals surface area contributed by atoms with Gasteiger partial charge in [-0.3, -0.25) is 4.98 Å². The van der Waals surface area contributed by atoms with Crippen LogP contribution in [0.3, 0.4) is 0 Å². The van der Waals surface area contributed by atoms with Crippen LogP contribution in [0.4, 0.5) is 5.69 Å². The van der Waals surface area contributed by atoms with E-state index in [0.717, 1.165) is 25.2 Å². The number of pyridine rings is 1. The van der Waals surface area contributed by atoms with Crippen molar-refractivity contribution in [2.45, 2.75) is 20.3 Å². The Balaban J connectivity index is 2.29. The Bertz CT molecular complexity index is 256. The van der Waals surface area contributed by atoms with Crippen LogP contribution in [-0.4, -0.2) is 18.1 Å². The Morgan fingerprint density at radius 2 is 2.29 bits per heavy atom. The second-order valence-electron chi connectivity index (χ2n) is 4.29. The highest BCUT2D eigenvalue weighted by molar-refractivity contribution is 5.39. The normalized spacial score (nSPS) is 11.4. The summed E-state index contributed by atoms with van der Waals surface area (Å²) in [7, 11) is 0. The Hall–Kier alpha value is -1.09. The van der Waals surface area contributed by atoms with E-state index in [0.29, 0.717) is 0 Å². The predicted molar refractivity (Wildman–Crippen MR) is 60.2 cm³/mol. The van der Waals surface area contributed by atoms with E-state index in [2.05, 4.69) is 24.1 Å². The summed E-state index contributed by atoms with van der Waals surface area (Å²) in [6.45, 7) is 6.02. The average molecular weight is 193 g/mol. The minimum absolute atomic E-state index is 0.217. The molecule has 0 unspecified atom stereocenters. The molecule has 0 spiro atoms. The smallest absolute Gasteiger partial charge is 0.0526 e. The van der Waals surface area contributed by atoms with Crippen molar-refractivity contribution in [1.29, 1.82) is 0 Å². The van der Waals surface area contributed by atoms with Crippen LogP contribution in [0.2, 0.25) is 0 Å². The van der Waals surface area contributed by atoms with Crippen LogP contribution in [0.1, 0.15) is 20.3 Å². The second kappa shape index (κ2) is 4.96. The van der Waals surface area contributed by atoms with Gasteiger partial charge in [0.15, 0.2) is 0 Å². The fourth-order valence-corrected chi connectivity index (χ4v) is 1.11. The number of hydrogen-bond acceptors (Lipinski definition) is 3. The van der Waals surface area contributed by atoms with Crippen molar-refractivity contribution in [3.63, 3.8) is 0 Å².